The first-order chi connectivity index (χ1) is 10.6. The van der Waals surface area contributed by atoms with E-state index in [0.29, 0.717) is 11.4 Å². The largest absolute Gasteiger partial charge is 0.484 e. The number of benzene rings is 2. The Hall–Kier alpha value is -2.89. The van der Waals surface area contributed by atoms with Crippen molar-refractivity contribution in [2.45, 2.75) is 13.3 Å². The maximum Gasteiger partial charge on any atom is 0.269 e. The topological polar surface area (TPSA) is 81.5 Å². The SMILES string of the molecule is CCc1cccc(OCC(=O)Nc2ccc([N+](=O)[O-])cc2)c1. The van der Waals surface area contributed by atoms with Gasteiger partial charge in [-0.15, -0.1) is 0 Å². The van der Waals surface area contributed by atoms with Crippen LogP contribution in [0.2, 0.25) is 0 Å². The first-order valence-corrected chi connectivity index (χ1v) is 6.84. The second kappa shape index (κ2) is 7.21. The summed E-state index contributed by atoms with van der Waals surface area (Å²) in [5, 5.41) is 13.2. The molecule has 2 aromatic rings. The number of hydrogen-bond donors (Lipinski definition) is 1. The van der Waals surface area contributed by atoms with Crippen molar-refractivity contribution in [2.24, 2.45) is 0 Å². The van der Waals surface area contributed by atoms with Gasteiger partial charge in [-0.1, -0.05) is 19.1 Å². The monoisotopic (exact) mass is 300 g/mol. The van der Waals surface area contributed by atoms with Crippen molar-refractivity contribution in [3.8, 4) is 5.75 Å². The fraction of sp³-hybridized carbons (Fsp3) is 0.188. The highest BCUT2D eigenvalue weighted by Crippen LogP contribution is 2.16. The molecule has 2 rings (SSSR count). The fourth-order valence-corrected chi connectivity index (χ4v) is 1.87. The van der Waals surface area contributed by atoms with Crippen LogP contribution in [0.15, 0.2) is 48.5 Å². The molecule has 0 aliphatic rings. The van der Waals surface area contributed by atoms with Crippen LogP contribution in [0.1, 0.15) is 12.5 Å². The van der Waals surface area contributed by atoms with Crippen LogP contribution in [0.5, 0.6) is 5.75 Å². The predicted molar refractivity (Wildman–Crippen MR) is 83.0 cm³/mol. The highest BCUT2D eigenvalue weighted by Gasteiger charge is 2.07. The molecule has 2 aromatic carbocycles. The van der Waals surface area contributed by atoms with Gasteiger partial charge in [0.1, 0.15) is 5.75 Å². The predicted octanol–water partition coefficient (Wildman–Crippen LogP) is 3.17. The van der Waals surface area contributed by atoms with Gasteiger partial charge in [0.05, 0.1) is 4.92 Å². The van der Waals surface area contributed by atoms with Crippen LogP contribution in [0.25, 0.3) is 0 Å². The molecule has 0 aromatic heterocycles. The first-order valence-electron chi connectivity index (χ1n) is 6.84. The Morgan fingerprint density at radius 3 is 2.59 bits per heavy atom. The molecule has 114 valence electrons. The number of nitro benzene ring substituents is 1. The zero-order valence-corrected chi connectivity index (χ0v) is 12.1. The Kier molecular flexibility index (Phi) is 5.08. The Bertz CT molecular complexity index is 668. The van der Waals surface area contributed by atoms with E-state index in [4.69, 9.17) is 4.74 Å². The minimum absolute atomic E-state index is 0.0226. The summed E-state index contributed by atoms with van der Waals surface area (Å²) in [4.78, 5) is 21.8. The lowest BCUT2D eigenvalue weighted by Gasteiger charge is -2.08. The Morgan fingerprint density at radius 2 is 1.95 bits per heavy atom. The lowest BCUT2D eigenvalue weighted by molar-refractivity contribution is -0.384. The van der Waals surface area contributed by atoms with E-state index in [1.807, 2.05) is 25.1 Å². The van der Waals surface area contributed by atoms with Crippen molar-refractivity contribution >= 4 is 17.3 Å². The second-order valence-electron chi connectivity index (χ2n) is 4.64. The van der Waals surface area contributed by atoms with E-state index in [1.54, 1.807) is 6.07 Å². The minimum atomic E-state index is -0.491. The van der Waals surface area contributed by atoms with E-state index in [9.17, 15) is 14.9 Å². The summed E-state index contributed by atoms with van der Waals surface area (Å²) in [5.74, 6) is 0.314. The van der Waals surface area contributed by atoms with E-state index in [-0.39, 0.29) is 18.2 Å². The standard InChI is InChI=1S/C16H16N2O4/c1-2-12-4-3-5-15(10-12)22-11-16(19)17-13-6-8-14(9-7-13)18(20)21/h3-10H,2,11H2,1H3,(H,17,19). The number of non-ortho nitro benzene ring substituents is 1. The Morgan fingerprint density at radius 1 is 1.23 bits per heavy atom. The molecule has 22 heavy (non-hydrogen) atoms. The maximum atomic E-state index is 11.8. The van der Waals surface area contributed by atoms with Gasteiger partial charge in [-0.05, 0) is 36.2 Å². The number of carbonyl (C=O) groups is 1. The maximum absolute atomic E-state index is 11.8. The Balaban J connectivity index is 1.88. The molecule has 6 heteroatoms. The number of nitrogens with one attached hydrogen (secondary N) is 1. The van der Waals surface area contributed by atoms with Crippen LogP contribution < -0.4 is 10.1 Å². The molecule has 0 bridgehead atoms. The third-order valence-electron chi connectivity index (χ3n) is 3.04. The summed E-state index contributed by atoms with van der Waals surface area (Å²) in [5.41, 5.74) is 1.60. The van der Waals surface area contributed by atoms with Crippen LogP contribution in [-0.4, -0.2) is 17.4 Å². The van der Waals surface area contributed by atoms with E-state index in [2.05, 4.69) is 5.32 Å². The first kappa shape index (κ1) is 15.5. The number of ether oxygens (including phenoxy) is 1. The fourth-order valence-electron chi connectivity index (χ4n) is 1.87. The quantitative estimate of drug-likeness (QED) is 0.656. The summed E-state index contributed by atoms with van der Waals surface area (Å²) < 4.78 is 5.42. The Labute approximate surface area is 127 Å². The zero-order valence-electron chi connectivity index (χ0n) is 12.1. The minimum Gasteiger partial charge on any atom is -0.484 e. The normalized spacial score (nSPS) is 10.0. The third-order valence-corrected chi connectivity index (χ3v) is 3.04. The van der Waals surface area contributed by atoms with Gasteiger partial charge < -0.3 is 10.1 Å². The molecule has 0 saturated carbocycles. The molecule has 0 aliphatic carbocycles. The summed E-state index contributed by atoms with van der Waals surface area (Å²) in [6.45, 7) is 1.92. The van der Waals surface area contributed by atoms with E-state index >= 15 is 0 Å². The molecule has 0 unspecified atom stereocenters. The van der Waals surface area contributed by atoms with Gasteiger partial charge in [0, 0.05) is 17.8 Å². The van der Waals surface area contributed by atoms with Crippen LogP contribution >= 0.6 is 0 Å². The van der Waals surface area contributed by atoms with Gasteiger partial charge in [-0.3, -0.25) is 14.9 Å². The van der Waals surface area contributed by atoms with Crippen molar-refractivity contribution < 1.29 is 14.5 Å². The van der Waals surface area contributed by atoms with Gasteiger partial charge in [0.15, 0.2) is 6.61 Å². The van der Waals surface area contributed by atoms with Gasteiger partial charge in [-0.25, -0.2) is 0 Å². The molecule has 1 N–H and O–H groups in total. The van der Waals surface area contributed by atoms with Crippen LogP contribution in [0.4, 0.5) is 11.4 Å². The highest BCUT2D eigenvalue weighted by molar-refractivity contribution is 5.91. The number of hydrogen-bond acceptors (Lipinski definition) is 4. The smallest absolute Gasteiger partial charge is 0.269 e. The molecule has 0 heterocycles. The number of rotatable bonds is 6. The van der Waals surface area contributed by atoms with E-state index in [0.717, 1.165) is 12.0 Å². The van der Waals surface area contributed by atoms with Gasteiger partial charge in [-0.2, -0.15) is 0 Å². The number of aryl methyl sites for hydroxylation is 1. The van der Waals surface area contributed by atoms with E-state index in [1.165, 1.54) is 24.3 Å². The summed E-state index contributed by atoms with van der Waals surface area (Å²) >= 11 is 0. The van der Waals surface area contributed by atoms with Crippen molar-refractivity contribution in [1.29, 1.82) is 0 Å². The van der Waals surface area contributed by atoms with Crippen molar-refractivity contribution in [3.05, 3.63) is 64.2 Å². The van der Waals surface area contributed by atoms with Crippen molar-refractivity contribution in [1.82, 2.24) is 0 Å². The highest BCUT2D eigenvalue weighted by atomic mass is 16.6. The summed E-state index contributed by atoms with van der Waals surface area (Å²) in [6, 6.07) is 13.2. The molecule has 1 amide bonds. The lowest BCUT2D eigenvalue weighted by Crippen LogP contribution is -2.20. The number of carbonyl (C=O) groups excluding carboxylic acids is 1. The molecular formula is C16H16N2O4. The van der Waals surface area contributed by atoms with Crippen molar-refractivity contribution in [2.75, 3.05) is 11.9 Å². The molecule has 0 atom stereocenters. The molecule has 0 saturated heterocycles. The third kappa shape index (κ3) is 4.31. The van der Waals surface area contributed by atoms with E-state index < -0.39 is 4.92 Å². The molecule has 0 aliphatic heterocycles. The average Bonchev–Trinajstić information content (AvgIpc) is 2.53. The number of nitrogens with zero attached hydrogens (tertiary/aromatic N) is 1. The zero-order chi connectivity index (χ0) is 15.9. The number of anilines is 1. The average molecular weight is 300 g/mol. The lowest BCUT2D eigenvalue weighted by atomic mass is 10.2. The van der Waals surface area contributed by atoms with Crippen LogP contribution in [0.3, 0.4) is 0 Å². The van der Waals surface area contributed by atoms with Gasteiger partial charge in [0.2, 0.25) is 0 Å². The van der Waals surface area contributed by atoms with Crippen LogP contribution in [-0.2, 0) is 11.2 Å². The van der Waals surface area contributed by atoms with Crippen molar-refractivity contribution in [3.63, 3.8) is 0 Å². The second-order valence-corrected chi connectivity index (χ2v) is 4.64. The molecule has 0 spiro atoms. The molecule has 6 nitrogen and oxygen atoms in total. The summed E-state index contributed by atoms with van der Waals surface area (Å²) in [7, 11) is 0. The molecule has 0 fully saturated rings. The van der Waals surface area contributed by atoms with Gasteiger partial charge >= 0.3 is 0 Å². The number of nitro groups is 1. The molecular weight excluding hydrogens is 284 g/mol. The number of amides is 1. The summed E-state index contributed by atoms with van der Waals surface area (Å²) in [6.07, 6.45) is 0.895. The van der Waals surface area contributed by atoms with Crippen LogP contribution in [0, 0.1) is 10.1 Å². The molecule has 0 radical (unpaired) electrons. The van der Waals surface area contributed by atoms with Gasteiger partial charge in [0.25, 0.3) is 11.6 Å².